The van der Waals surface area contributed by atoms with Gasteiger partial charge in [-0.15, -0.1) is 0 Å². The minimum Gasteiger partial charge on any atom is -0.392 e. The standard InChI is InChI=1S/C8H17F3N2O3S/c1-6(14)7(12)5-13-17(15,16)4-2-3-8(9,10)11/h6-7,13-14H,2-5,12H2,1H3. The van der Waals surface area contributed by atoms with Crippen LogP contribution in [0.1, 0.15) is 19.8 Å². The van der Waals surface area contributed by atoms with Crippen LogP contribution in [0, 0.1) is 0 Å². The Balaban J connectivity index is 3.97. The summed E-state index contributed by atoms with van der Waals surface area (Å²) in [5.41, 5.74) is 5.36. The van der Waals surface area contributed by atoms with E-state index in [-0.39, 0.29) is 6.54 Å². The topological polar surface area (TPSA) is 92.4 Å². The number of aliphatic hydroxyl groups is 1. The van der Waals surface area contributed by atoms with Gasteiger partial charge in [0.15, 0.2) is 0 Å². The highest BCUT2D eigenvalue weighted by Gasteiger charge is 2.27. The van der Waals surface area contributed by atoms with E-state index in [1.54, 1.807) is 0 Å². The Morgan fingerprint density at radius 1 is 1.41 bits per heavy atom. The van der Waals surface area contributed by atoms with Crippen LogP contribution in [0.5, 0.6) is 0 Å². The number of aliphatic hydroxyl groups excluding tert-OH is 1. The Kier molecular flexibility index (Phi) is 6.38. The van der Waals surface area contributed by atoms with E-state index in [0.717, 1.165) is 0 Å². The highest BCUT2D eigenvalue weighted by Crippen LogP contribution is 2.21. The molecular weight excluding hydrogens is 261 g/mol. The Hall–Kier alpha value is -0.380. The molecule has 2 unspecified atom stereocenters. The van der Waals surface area contributed by atoms with Gasteiger partial charge in [0.1, 0.15) is 0 Å². The van der Waals surface area contributed by atoms with Crippen molar-refractivity contribution in [3.63, 3.8) is 0 Å². The van der Waals surface area contributed by atoms with Crippen LogP contribution in [0.3, 0.4) is 0 Å². The van der Waals surface area contributed by atoms with Crippen molar-refractivity contribution in [3.8, 4) is 0 Å². The first-order valence-electron chi connectivity index (χ1n) is 5.01. The van der Waals surface area contributed by atoms with Crippen molar-refractivity contribution in [2.75, 3.05) is 12.3 Å². The van der Waals surface area contributed by atoms with Crippen LogP contribution in [0.4, 0.5) is 13.2 Å². The summed E-state index contributed by atoms with van der Waals surface area (Å²) in [6, 6.07) is -0.785. The third kappa shape index (κ3) is 9.33. The molecule has 0 fully saturated rings. The molecule has 5 nitrogen and oxygen atoms in total. The van der Waals surface area contributed by atoms with Crippen LogP contribution in [0.2, 0.25) is 0 Å². The lowest BCUT2D eigenvalue weighted by Crippen LogP contribution is -2.44. The lowest BCUT2D eigenvalue weighted by Gasteiger charge is -2.15. The molecular formula is C8H17F3N2O3S. The molecule has 0 aromatic carbocycles. The largest absolute Gasteiger partial charge is 0.392 e. The van der Waals surface area contributed by atoms with E-state index in [1.165, 1.54) is 6.92 Å². The van der Waals surface area contributed by atoms with Gasteiger partial charge < -0.3 is 10.8 Å². The van der Waals surface area contributed by atoms with Gasteiger partial charge in [0.25, 0.3) is 0 Å². The Labute approximate surface area is 98.2 Å². The highest BCUT2D eigenvalue weighted by molar-refractivity contribution is 7.89. The number of nitrogens with one attached hydrogen (secondary N) is 1. The van der Waals surface area contributed by atoms with E-state index in [9.17, 15) is 21.6 Å². The average molecular weight is 278 g/mol. The van der Waals surface area contributed by atoms with E-state index in [2.05, 4.69) is 0 Å². The van der Waals surface area contributed by atoms with Crippen LogP contribution >= 0.6 is 0 Å². The van der Waals surface area contributed by atoms with Crippen molar-refractivity contribution in [2.24, 2.45) is 5.73 Å². The molecule has 104 valence electrons. The number of hydrogen-bond donors (Lipinski definition) is 3. The zero-order valence-corrected chi connectivity index (χ0v) is 10.2. The van der Waals surface area contributed by atoms with Gasteiger partial charge in [0.05, 0.1) is 11.9 Å². The summed E-state index contributed by atoms with van der Waals surface area (Å²) in [5.74, 6) is -0.612. The summed E-state index contributed by atoms with van der Waals surface area (Å²) >= 11 is 0. The maximum absolute atomic E-state index is 11.8. The molecule has 0 aliphatic rings. The summed E-state index contributed by atoms with van der Waals surface area (Å²) in [4.78, 5) is 0. The molecule has 4 N–H and O–H groups in total. The first-order valence-corrected chi connectivity index (χ1v) is 6.66. The van der Waals surface area contributed by atoms with Crippen molar-refractivity contribution < 1.29 is 26.7 Å². The second-order valence-electron chi connectivity index (χ2n) is 3.79. The van der Waals surface area contributed by atoms with E-state index in [0.29, 0.717) is 0 Å². The maximum Gasteiger partial charge on any atom is 0.389 e. The molecule has 0 saturated heterocycles. The molecule has 0 bridgehead atoms. The Bertz CT molecular complexity index is 316. The molecule has 17 heavy (non-hydrogen) atoms. The molecule has 0 aromatic heterocycles. The van der Waals surface area contributed by atoms with Crippen molar-refractivity contribution in [1.29, 1.82) is 0 Å². The second kappa shape index (κ2) is 6.53. The molecule has 0 rings (SSSR count). The van der Waals surface area contributed by atoms with E-state index in [4.69, 9.17) is 10.8 Å². The molecule has 0 aromatic rings. The first-order chi connectivity index (χ1) is 7.53. The predicted octanol–water partition coefficient (Wildman–Crippen LogP) is -0.0436. The number of sulfonamides is 1. The molecule has 0 aliphatic heterocycles. The predicted molar refractivity (Wildman–Crippen MR) is 56.7 cm³/mol. The number of hydrogen-bond acceptors (Lipinski definition) is 4. The number of nitrogens with two attached hydrogens (primary N) is 1. The van der Waals surface area contributed by atoms with Gasteiger partial charge in [0.2, 0.25) is 10.0 Å². The van der Waals surface area contributed by atoms with Crippen molar-refractivity contribution >= 4 is 10.0 Å². The summed E-state index contributed by atoms with van der Waals surface area (Å²) in [7, 11) is -3.77. The van der Waals surface area contributed by atoms with Gasteiger partial charge in [-0.05, 0) is 13.3 Å². The molecule has 0 heterocycles. The minimum absolute atomic E-state index is 0.202. The third-order valence-corrected chi connectivity index (χ3v) is 3.46. The van der Waals surface area contributed by atoms with Gasteiger partial charge in [-0.1, -0.05) is 0 Å². The van der Waals surface area contributed by atoms with Crippen molar-refractivity contribution in [3.05, 3.63) is 0 Å². The van der Waals surface area contributed by atoms with E-state index >= 15 is 0 Å². The fourth-order valence-corrected chi connectivity index (χ4v) is 2.04. The molecule has 0 amide bonds. The minimum atomic E-state index is -4.36. The zero-order chi connectivity index (χ0) is 13.7. The SMILES string of the molecule is CC(O)C(N)CNS(=O)(=O)CCCC(F)(F)F. The van der Waals surface area contributed by atoms with Crippen LogP contribution in [-0.2, 0) is 10.0 Å². The zero-order valence-electron chi connectivity index (χ0n) is 9.37. The molecule has 2 atom stereocenters. The Morgan fingerprint density at radius 2 is 1.94 bits per heavy atom. The number of halogens is 3. The molecule has 0 radical (unpaired) electrons. The third-order valence-electron chi connectivity index (χ3n) is 2.03. The van der Waals surface area contributed by atoms with Crippen LogP contribution in [-0.4, -0.2) is 44.1 Å². The molecule has 0 spiro atoms. The monoisotopic (exact) mass is 278 g/mol. The summed E-state index contributed by atoms with van der Waals surface area (Å²) < 4.78 is 59.8. The highest BCUT2D eigenvalue weighted by atomic mass is 32.2. The quantitative estimate of drug-likeness (QED) is 0.609. The Morgan fingerprint density at radius 3 is 2.35 bits per heavy atom. The normalized spacial score (nSPS) is 16.8. The van der Waals surface area contributed by atoms with Crippen molar-refractivity contribution in [1.82, 2.24) is 4.72 Å². The average Bonchev–Trinajstić information content (AvgIpc) is 2.11. The van der Waals surface area contributed by atoms with Crippen LogP contribution in [0.25, 0.3) is 0 Å². The fourth-order valence-electron chi connectivity index (χ4n) is 0.929. The molecule has 0 aliphatic carbocycles. The summed E-state index contributed by atoms with van der Waals surface area (Å²) in [6.07, 6.45) is -6.89. The van der Waals surface area contributed by atoms with Crippen LogP contribution in [0.15, 0.2) is 0 Å². The van der Waals surface area contributed by atoms with E-state index < -0.39 is 46.9 Å². The lowest BCUT2D eigenvalue weighted by molar-refractivity contribution is -0.134. The van der Waals surface area contributed by atoms with Gasteiger partial charge in [-0.25, -0.2) is 13.1 Å². The van der Waals surface area contributed by atoms with Gasteiger partial charge >= 0.3 is 6.18 Å². The lowest BCUT2D eigenvalue weighted by atomic mass is 10.2. The van der Waals surface area contributed by atoms with E-state index in [1.807, 2.05) is 4.72 Å². The summed E-state index contributed by atoms with van der Waals surface area (Å²) in [6.45, 7) is 1.19. The fraction of sp³-hybridized carbons (Fsp3) is 1.00. The number of rotatable bonds is 7. The van der Waals surface area contributed by atoms with Crippen LogP contribution < -0.4 is 10.5 Å². The maximum atomic E-state index is 11.8. The van der Waals surface area contributed by atoms with Gasteiger partial charge in [-0.2, -0.15) is 13.2 Å². The molecule has 0 saturated carbocycles. The summed E-state index contributed by atoms with van der Waals surface area (Å²) in [5, 5.41) is 8.99. The first kappa shape index (κ1) is 16.6. The smallest absolute Gasteiger partial charge is 0.389 e. The number of alkyl halides is 3. The van der Waals surface area contributed by atoms with Gasteiger partial charge in [-0.3, -0.25) is 0 Å². The second-order valence-corrected chi connectivity index (χ2v) is 5.72. The van der Waals surface area contributed by atoms with Crippen molar-refractivity contribution in [2.45, 2.75) is 38.1 Å². The molecule has 9 heteroatoms. The van der Waals surface area contributed by atoms with Gasteiger partial charge in [0, 0.05) is 19.0 Å².